The van der Waals surface area contributed by atoms with E-state index in [9.17, 15) is 13.6 Å². The van der Waals surface area contributed by atoms with Gasteiger partial charge in [0.15, 0.2) is 0 Å². The van der Waals surface area contributed by atoms with E-state index in [2.05, 4.69) is 17.2 Å². The predicted molar refractivity (Wildman–Crippen MR) is 61.6 cm³/mol. The first kappa shape index (κ1) is 15.8. The molecule has 2 N–H and O–H groups in total. The molecule has 0 aromatic heterocycles. The quantitative estimate of drug-likeness (QED) is 0.482. The van der Waals surface area contributed by atoms with E-state index in [-0.39, 0.29) is 18.5 Å². The van der Waals surface area contributed by atoms with Crippen LogP contribution in [0, 0.1) is 0 Å². The summed E-state index contributed by atoms with van der Waals surface area (Å²) in [5.74, 6) is -0.338. The number of carbonyl (C=O) groups excluding carboxylic acids is 1. The van der Waals surface area contributed by atoms with Crippen molar-refractivity contribution >= 4 is 5.97 Å². The zero-order valence-corrected chi connectivity index (χ0v) is 10.2. The first-order chi connectivity index (χ1) is 7.95. The second-order valence-electron chi connectivity index (χ2n) is 3.80. The summed E-state index contributed by atoms with van der Waals surface area (Å²) in [6.07, 6.45) is -1.06. The number of carbonyl (C=O) groups is 1. The molecule has 6 heteroatoms. The maximum absolute atomic E-state index is 12.0. The summed E-state index contributed by atoms with van der Waals surface area (Å²) >= 11 is 0. The van der Waals surface area contributed by atoms with Gasteiger partial charge in [-0.05, 0) is 26.5 Å². The van der Waals surface area contributed by atoms with Gasteiger partial charge in [-0.25, -0.2) is 8.78 Å². The van der Waals surface area contributed by atoms with Crippen molar-refractivity contribution in [3.63, 3.8) is 0 Å². The van der Waals surface area contributed by atoms with E-state index < -0.39 is 19.1 Å². The Kier molecular flexibility index (Phi) is 8.31. The summed E-state index contributed by atoms with van der Waals surface area (Å²) < 4.78 is 28.9. The molecule has 0 spiro atoms. The Morgan fingerprint density at radius 3 is 2.59 bits per heavy atom. The van der Waals surface area contributed by atoms with Crippen LogP contribution in [0.1, 0.15) is 26.7 Å². The van der Waals surface area contributed by atoms with Crippen molar-refractivity contribution in [3.05, 3.63) is 12.8 Å². The highest BCUT2D eigenvalue weighted by molar-refractivity contribution is 5.69. The molecule has 0 bridgehead atoms. The van der Waals surface area contributed by atoms with Crippen molar-refractivity contribution in [1.29, 1.82) is 0 Å². The van der Waals surface area contributed by atoms with E-state index in [0.717, 1.165) is 0 Å². The standard InChI is InChI=1S/C11H20F2N2O2/c1-4-14-10(15-7-9(12)13)5-6-11(16)17-8(2)3/h4,8-10,14-15H,1,5-7H2,2-3H3. The monoisotopic (exact) mass is 250 g/mol. The summed E-state index contributed by atoms with van der Waals surface area (Å²) in [6, 6.07) is 0. The second kappa shape index (κ2) is 8.92. The molecule has 0 heterocycles. The molecule has 0 aliphatic heterocycles. The van der Waals surface area contributed by atoms with Gasteiger partial charge in [-0.3, -0.25) is 10.1 Å². The largest absolute Gasteiger partial charge is 0.463 e. The lowest BCUT2D eigenvalue weighted by molar-refractivity contribution is -0.147. The number of ether oxygens (including phenoxy) is 1. The molecule has 0 aromatic rings. The van der Waals surface area contributed by atoms with E-state index in [0.29, 0.717) is 6.42 Å². The third-order valence-electron chi connectivity index (χ3n) is 1.84. The Bertz CT molecular complexity index is 236. The Balaban J connectivity index is 3.90. The minimum atomic E-state index is -2.42. The highest BCUT2D eigenvalue weighted by Crippen LogP contribution is 2.01. The third-order valence-corrected chi connectivity index (χ3v) is 1.84. The lowest BCUT2D eigenvalue weighted by Gasteiger charge is -2.18. The Hall–Kier alpha value is -1.17. The van der Waals surface area contributed by atoms with Gasteiger partial charge in [0.2, 0.25) is 0 Å². The average molecular weight is 250 g/mol. The summed E-state index contributed by atoms with van der Waals surface area (Å²) in [7, 11) is 0. The molecule has 0 amide bonds. The maximum atomic E-state index is 12.0. The normalized spacial score (nSPS) is 12.6. The van der Waals surface area contributed by atoms with Crippen molar-refractivity contribution < 1.29 is 18.3 Å². The number of hydrogen-bond acceptors (Lipinski definition) is 4. The van der Waals surface area contributed by atoms with Crippen molar-refractivity contribution in [1.82, 2.24) is 10.6 Å². The van der Waals surface area contributed by atoms with Gasteiger partial charge in [-0.2, -0.15) is 0 Å². The molecular weight excluding hydrogens is 230 g/mol. The van der Waals surface area contributed by atoms with Crippen LogP contribution in [0.15, 0.2) is 12.8 Å². The fourth-order valence-corrected chi connectivity index (χ4v) is 1.20. The number of alkyl halides is 2. The van der Waals surface area contributed by atoms with Crippen molar-refractivity contribution in [3.8, 4) is 0 Å². The van der Waals surface area contributed by atoms with Gasteiger partial charge >= 0.3 is 5.97 Å². The molecule has 0 fully saturated rings. The Morgan fingerprint density at radius 2 is 2.12 bits per heavy atom. The van der Waals surface area contributed by atoms with Gasteiger partial charge < -0.3 is 10.1 Å². The van der Waals surface area contributed by atoms with Gasteiger partial charge in [0, 0.05) is 6.42 Å². The fourth-order valence-electron chi connectivity index (χ4n) is 1.20. The average Bonchev–Trinajstić information content (AvgIpc) is 2.21. The number of hydrogen-bond donors (Lipinski definition) is 2. The van der Waals surface area contributed by atoms with Gasteiger partial charge in [0.25, 0.3) is 6.43 Å². The van der Waals surface area contributed by atoms with Crippen LogP contribution in [0.5, 0.6) is 0 Å². The topological polar surface area (TPSA) is 50.4 Å². The van der Waals surface area contributed by atoms with Gasteiger partial charge in [0.05, 0.1) is 18.8 Å². The molecule has 0 saturated heterocycles. The molecule has 0 aromatic carbocycles. The first-order valence-corrected chi connectivity index (χ1v) is 5.53. The smallest absolute Gasteiger partial charge is 0.306 e. The summed E-state index contributed by atoms with van der Waals surface area (Å²) in [4.78, 5) is 11.2. The molecule has 100 valence electrons. The van der Waals surface area contributed by atoms with Crippen LogP contribution in [0.4, 0.5) is 8.78 Å². The van der Waals surface area contributed by atoms with Crippen LogP contribution in [0.3, 0.4) is 0 Å². The molecule has 0 aliphatic carbocycles. The summed E-state index contributed by atoms with van der Waals surface area (Å²) in [5, 5.41) is 5.35. The molecule has 0 rings (SSSR count). The minimum absolute atomic E-state index is 0.165. The highest BCUT2D eigenvalue weighted by Gasteiger charge is 2.13. The second-order valence-corrected chi connectivity index (χ2v) is 3.80. The number of rotatable bonds is 9. The van der Waals surface area contributed by atoms with Gasteiger partial charge in [0.1, 0.15) is 0 Å². The zero-order chi connectivity index (χ0) is 13.3. The van der Waals surface area contributed by atoms with E-state index in [1.807, 2.05) is 0 Å². The van der Waals surface area contributed by atoms with Crippen molar-refractivity contribution in [2.24, 2.45) is 0 Å². The molecule has 0 aliphatic rings. The molecule has 0 radical (unpaired) electrons. The molecule has 1 unspecified atom stereocenters. The number of halogens is 2. The van der Waals surface area contributed by atoms with Crippen molar-refractivity contribution in [2.45, 2.75) is 45.4 Å². The summed E-state index contributed by atoms with van der Waals surface area (Å²) in [6.45, 7) is 6.54. The highest BCUT2D eigenvalue weighted by atomic mass is 19.3. The van der Waals surface area contributed by atoms with Gasteiger partial charge in [-0.15, -0.1) is 0 Å². The summed E-state index contributed by atoms with van der Waals surface area (Å²) in [5.41, 5.74) is 0. The Morgan fingerprint density at radius 1 is 1.47 bits per heavy atom. The van der Waals surface area contributed by atoms with E-state index in [1.54, 1.807) is 13.8 Å². The molecule has 4 nitrogen and oxygen atoms in total. The fraction of sp³-hybridized carbons (Fsp3) is 0.727. The number of nitrogens with one attached hydrogen (secondary N) is 2. The molecule has 17 heavy (non-hydrogen) atoms. The van der Waals surface area contributed by atoms with Crippen LogP contribution in [0.25, 0.3) is 0 Å². The van der Waals surface area contributed by atoms with Crippen LogP contribution in [0.2, 0.25) is 0 Å². The van der Waals surface area contributed by atoms with Crippen molar-refractivity contribution in [2.75, 3.05) is 6.54 Å². The van der Waals surface area contributed by atoms with E-state index in [1.165, 1.54) is 6.20 Å². The van der Waals surface area contributed by atoms with Crippen LogP contribution >= 0.6 is 0 Å². The SMILES string of the molecule is C=CNC(CCC(=O)OC(C)C)NCC(F)F. The molecule has 0 saturated carbocycles. The van der Waals surface area contributed by atoms with Crippen LogP contribution < -0.4 is 10.6 Å². The zero-order valence-electron chi connectivity index (χ0n) is 10.2. The van der Waals surface area contributed by atoms with Crippen LogP contribution in [-0.2, 0) is 9.53 Å². The van der Waals surface area contributed by atoms with Crippen LogP contribution in [-0.4, -0.2) is 31.2 Å². The van der Waals surface area contributed by atoms with Gasteiger partial charge in [-0.1, -0.05) is 6.58 Å². The maximum Gasteiger partial charge on any atom is 0.306 e. The lowest BCUT2D eigenvalue weighted by Crippen LogP contribution is -2.42. The predicted octanol–water partition coefficient (Wildman–Crippen LogP) is 1.63. The molecule has 1 atom stereocenters. The van der Waals surface area contributed by atoms with E-state index in [4.69, 9.17) is 4.74 Å². The van der Waals surface area contributed by atoms with E-state index >= 15 is 0 Å². The first-order valence-electron chi connectivity index (χ1n) is 5.53. The third kappa shape index (κ3) is 9.74. The molecular formula is C11H20F2N2O2. The number of esters is 1. The lowest BCUT2D eigenvalue weighted by atomic mass is 10.2. The Labute approximate surface area is 100 Å². The minimum Gasteiger partial charge on any atom is -0.463 e.